The number of piperidine rings is 1. The van der Waals surface area contributed by atoms with Crippen molar-refractivity contribution in [1.82, 2.24) is 18.4 Å². The number of hydrogen-bond donors (Lipinski definition) is 1. The zero-order valence-corrected chi connectivity index (χ0v) is 18.6. The molecule has 0 bridgehead atoms. The van der Waals surface area contributed by atoms with Gasteiger partial charge in [0.15, 0.2) is 0 Å². The molecule has 2 amide bonds. The van der Waals surface area contributed by atoms with Gasteiger partial charge in [-0.3, -0.25) is 4.79 Å². The predicted molar refractivity (Wildman–Crippen MR) is 113 cm³/mol. The lowest BCUT2D eigenvalue weighted by atomic mass is 9.90. The van der Waals surface area contributed by atoms with Crippen LogP contribution in [0.2, 0.25) is 5.02 Å². The van der Waals surface area contributed by atoms with Crippen LogP contribution in [-0.2, 0) is 15.0 Å². The fourth-order valence-electron chi connectivity index (χ4n) is 4.00. The van der Waals surface area contributed by atoms with Crippen LogP contribution in [-0.4, -0.2) is 96.8 Å². The molecule has 0 aromatic heterocycles. The van der Waals surface area contributed by atoms with E-state index in [1.54, 1.807) is 14.1 Å². The van der Waals surface area contributed by atoms with E-state index in [-0.39, 0.29) is 31.6 Å². The van der Waals surface area contributed by atoms with Crippen LogP contribution in [0.3, 0.4) is 0 Å². The van der Waals surface area contributed by atoms with Crippen molar-refractivity contribution < 1.29 is 23.1 Å². The van der Waals surface area contributed by atoms with Gasteiger partial charge in [0.2, 0.25) is 0 Å². The molecule has 0 radical (unpaired) electrons. The Morgan fingerprint density at radius 3 is 2.20 bits per heavy atom. The van der Waals surface area contributed by atoms with Gasteiger partial charge in [-0.15, -0.1) is 0 Å². The number of nitrogens with zero attached hydrogens (tertiary/aromatic N) is 4. The quantitative estimate of drug-likeness (QED) is 0.737. The number of carboxylic acids is 1. The Labute approximate surface area is 182 Å². The summed E-state index contributed by atoms with van der Waals surface area (Å²) in [7, 11) is -0.797. The molecule has 30 heavy (non-hydrogen) atoms. The van der Waals surface area contributed by atoms with E-state index in [2.05, 4.69) is 0 Å². The molecule has 0 spiro atoms. The maximum absolute atomic E-state index is 13.2. The summed E-state index contributed by atoms with van der Waals surface area (Å²) in [6.45, 7) is 0.571. The highest BCUT2D eigenvalue weighted by atomic mass is 35.5. The standard InChI is InChI=1S/C19H27ClN4O5S/c1-21(2)19(27)22-11-12-24(17(13-22)18(25)26)30(28,29)23-9-7-15(8-10-23)14-3-5-16(20)6-4-14/h3-6,15,17H,7-13H2,1-2H3,(H,25,26). The zero-order valence-electron chi connectivity index (χ0n) is 17.1. The summed E-state index contributed by atoms with van der Waals surface area (Å²) in [5.41, 5.74) is 1.12. The average Bonchev–Trinajstić information content (AvgIpc) is 2.73. The maximum Gasteiger partial charge on any atom is 0.323 e. The molecule has 1 unspecified atom stereocenters. The second-order valence-electron chi connectivity index (χ2n) is 7.82. The first-order valence-corrected chi connectivity index (χ1v) is 11.6. The Hall–Kier alpha value is -1.88. The van der Waals surface area contributed by atoms with Gasteiger partial charge in [-0.2, -0.15) is 17.0 Å². The minimum atomic E-state index is -3.95. The molecule has 3 rings (SSSR count). The topological polar surface area (TPSA) is 101 Å². The molecule has 0 saturated carbocycles. The van der Waals surface area contributed by atoms with E-state index in [0.29, 0.717) is 31.0 Å². The molecule has 1 aromatic carbocycles. The highest BCUT2D eigenvalue weighted by molar-refractivity contribution is 7.86. The van der Waals surface area contributed by atoms with E-state index in [1.165, 1.54) is 14.1 Å². The fourth-order valence-corrected chi connectivity index (χ4v) is 5.89. The Bertz CT molecular complexity index is 885. The number of benzene rings is 1. The van der Waals surface area contributed by atoms with Crippen LogP contribution in [0.5, 0.6) is 0 Å². The monoisotopic (exact) mass is 458 g/mol. The molecule has 0 aliphatic carbocycles. The summed E-state index contributed by atoms with van der Waals surface area (Å²) in [6, 6.07) is 5.93. The van der Waals surface area contributed by atoms with Gasteiger partial charge in [0.1, 0.15) is 6.04 Å². The van der Waals surface area contributed by atoms with E-state index in [9.17, 15) is 23.1 Å². The molecule has 11 heteroatoms. The third-order valence-electron chi connectivity index (χ3n) is 5.69. The SMILES string of the molecule is CN(C)C(=O)N1CCN(S(=O)(=O)N2CCC(c3ccc(Cl)cc3)CC2)C(C(=O)O)C1. The Morgan fingerprint density at radius 1 is 1.07 bits per heavy atom. The number of halogens is 1. The Morgan fingerprint density at radius 2 is 1.67 bits per heavy atom. The zero-order chi connectivity index (χ0) is 22.1. The van der Waals surface area contributed by atoms with Crippen LogP contribution in [0.4, 0.5) is 4.79 Å². The lowest BCUT2D eigenvalue weighted by molar-refractivity contribution is -0.143. The second kappa shape index (κ2) is 9.09. The van der Waals surface area contributed by atoms with Crippen LogP contribution in [0, 0.1) is 0 Å². The lowest BCUT2D eigenvalue weighted by Crippen LogP contribution is -2.63. The smallest absolute Gasteiger partial charge is 0.323 e. The maximum atomic E-state index is 13.2. The van der Waals surface area contributed by atoms with E-state index < -0.39 is 22.2 Å². The minimum absolute atomic E-state index is 0.0456. The van der Waals surface area contributed by atoms with Crippen molar-refractivity contribution in [2.45, 2.75) is 24.8 Å². The second-order valence-corrected chi connectivity index (χ2v) is 10.1. The number of carbonyl (C=O) groups excluding carboxylic acids is 1. The van der Waals surface area contributed by atoms with E-state index >= 15 is 0 Å². The summed E-state index contributed by atoms with van der Waals surface area (Å²) in [6.07, 6.45) is 1.30. The number of hydrogen-bond acceptors (Lipinski definition) is 4. The molecule has 2 fully saturated rings. The molecule has 2 saturated heterocycles. The summed E-state index contributed by atoms with van der Waals surface area (Å²) in [5, 5.41) is 10.3. The van der Waals surface area contributed by atoms with Crippen LogP contribution in [0.1, 0.15) is 24.3 Å². The van der Waals surface area contributed by atoms with Gasteiger partial charge < -0.3 is 14.9 Å². The van der Waals surface area contributed by atoms with Gasteiger partial charge in [-0.25, -0.2) is 4.79 Å². The minimum Gasteiger partial charge on any atom is -0.480 e. The van der Waals surface area contributed by atoms with Crippen molar-refractivity contribution >= 4 is 33.8 Å². The number of piperazine rings is 1. The van der Waals surface area contributed by atoms with E-state index in [1.807, 2.05) is 24.3 Å². The largest absolute Gasteiger partial charge is 0.480 e. The molecule has 1 N–H and O–H groups in total. The first-order valence-electron chi connectivity index (χ1n) is 9.82. The molecule has 1 atom stereocenters. The number of urea groups is 1. The van der Waals surface area contributed by atoms with Gasteiger partial charge in [-0.1, -0.05) is 23.7 Å². The Balaban J connectivity index is 1.69. The highest BCUT2D eigenvalue weighted by Crippen LogP contribution is 2.31. The molecule has 2 aliphatic heterocycles. The van der Waals surface area contributed by atoms with Gasteiger partial charge in [0, 0.05) is 51.8 Å². The molecule has 2 heterocycles. The third-order valence-corrected chi connectivity index (χ3v) is 7.99. The number of amides is 2. The normalized spacial score (nSPS) is 22.1. The average molecular weight is 459 g/mol. The summed E-state index contributed by atoms with van der Waals surface area (Å²) < 4.78 is 28.8. The molecular formula is C19H27ClN4O5S. The van der Waals surface area contributed by atoms with Gasteiger partial charge in [0.05, 0.1) is 0 Å². The van der Waals surface area contributed by atoms with E-state index in [4.69, 9.17) is 11.6 Å². The molecule has 2 aliphatic rings. The lowest BCUT2D eigenvalue weighted by Gasteiger charge is -2.42. The molecule has 1 aromatic rings. The van der Waals surface area contributed by atoms with Crippen molar-refractivity contribution in [2.24, 2.45) is 0 Å². The molecule has 9 nitrogen and oxygen atoms in total. The summed E-state index contributed by atoms with van der Waals surface area (Å²) >= 11 is 5.94. The van der Waals surface area contributed by atoms with Crippen LogP contribution < -0.4 is 0 Å². The first-order chi connectivity index (χ1) is 14.1. The number of aliphatic carboxylic acids is 1. The van der Waals surface area contributed by atoms with Crippen LogP contribution in [0.25, 0.3) is 0 Å². The number of carboxylic acid groups (broad SMARTS) is 1. The number of carbonyl (C=O) groups is 2. The Kier molecular flexibility index (Phi) is 6.91. The molecular weight excluding hydrogens is 432 g/mol. The van der Waals surface area contributed by atoms with Crippen molar-refractivity contribution in [3.05, 3.63) is 34.9 Å². The van der Waals surface area contributed by atoms with Gasteiger partial charge in [0.25, 0.3) is 10.2 Å². The van der Waals surface area contributed by atoms with Gasteiger partial charge >= 0.3 is 12.0 Å². The molecule has 166 valence electrons. The first kappa shape index (κ1) is 22.8. The van der Waals surface area contributed by atoms with E-state index in [0.717, 1.165) is 9.87 Å². The fraction of sp³-hybridized carbons (Fsp3) is 0.579. The summed E-state index contributed by atoms with van der Waals surface area (Å²) in [4.78, 5) is 26.7. The van der Waals surface area contributed by atoms with Crippen molar-refractivity contribution in [2.75, 3.05) is 46.8 Å². The van der Waals surface area contributed by atoms with Crippen LogP contribution >= 0.6 is 11.6 Å². The van der Waals surface area contributed by atoms with Gasteiger partial charge in [-0.05, 0) is 36.5 Å². The predicted octanol–water partition coefficient (Wildman–Crippen LogP) is 1.52. The third kappa shape index (κ3) is 4.72. The van der Waals surface area contributed by atoms with Crippen LogP contribution in [0.15, 0.2) is 24.3 Å². The summed E-state index contributed by atoms with van der Waals surface area (Å²) in [5.74, 6) is -1.02. The van der Waals surface area contributed by atoms with Crippen molar-refractivity contribution in [3.8, 4) is 0 Å². The van der Waals surface area contributed by atoms with Crippen molar-refractivity contribution in [1.29, 1.82) is 0 Å². The number of rotatable bonds is 4. The van der Waals surface area contributed by atoms with Crippen molar-refractivity contribution in [3.63, 3.8) is 0 Å². The highest BCUT2D eigenvalue weighted by Gasteiger charge is 2.44.